The molecule has 0 saturated carbocycles. The molecule has 3 aromatic rings. The summed E-state index contributed by atoms with van der Waals surface area (Å²) in [5.41, 5.74) is 2.28. The van der Waals surface area contributed by atoms with Crippen LogP contribution in [0, 0.1) is 0 Å². The Kier molecular flexibility index (Phi) is 5.95. The maximum Gasteiger partial charge on any atom is 0.267 e. The molecule has 2 aromatic carbocycles. The standard InChI is InChI=1S/C22H21ClN2O3/c1-14(11-16-7-5-4-6-8-16)25-21(27)13-20(22(24-25)28-3)19-12-17(23)9-10-18(19)15(2)26/h4-10,12-14H,11H2,1-3H3. The first kappa shape index (κ1) is 19.8. The van der Waals surface area contributed by atoms with Crippen LogP contribution in [0.1, 0.15) is 35.8 Å². The number of methoxy groups -OCH3 is 1. The normalized spacial score (nSPS) is 11.9. The average Bonchev–Trinajstić information content (AvgIpc) is 2.68. The summed E-state index contributed by atoms with van der Waals surface area (Å²) < 4.78 is 6.86. The number of aromatic nitrogens is 2. The highest BCUT2D eigenvalue weighted by Gasteiger charge is 2.19. The van der Waals surface area contributed by atoms with Crippen LogP contribution in [0.3, 0.4) is 0 Å². The summed E-state index contributed by atoms with van der Waals surface area (Å²) in [7, 11) is 1.49. The minimum Gasteiger partial charge on any atom is -0.480 e. The van der Waals surface area contributed by atoms with Gasteiger partial charge in [-0.3, -0.25) is 9.59 Å². The van der Waals surface area contributed by atoms with E-state index in [0.29, 0.717) is 28.1 Å². The number of carbonyl (C=O) groups is 1. The van der Waals surface area contributed by atoms with Gasteiger partial charge in [0.25, 0.3) is 5.56 Å². The Bertz CT molecular complexity index is 1060. The molecule has 0 aliphatic carbocycles. The molecule has 0 radical (unpaired) electrons. The summed E-state index contributed by atoms with van der Waals surface area (Å²) in [5, 5.41) is 4.88. The number of nitrogens with zero attached hydrogens (tertiary/aromatic N) is 2. The van der Waals surface area contributed by atoms with Gasteiger partial charge in [0, 0.05) is 16.7 Å². The topological polar surface area (TPSA) is 61.2 Å². The molecule has 1 unspecified atom stereocenters. The van der Waals surface area contributed by atoms with Crippen LogP contribution in [-0.4, -0.2) is 22.7 Å². The number of halogens is 1. The molecule has 5 nitrogen and oxygen atoms in total. The van der Waals surface area contributed by atoms with E-state index in [1.807, 2.05) is 37.3 Å². The summed E-state index contributed by atoms with van der Waals surface area (Å²) in [6.07, 6.45) is 0.659. The van der Waals surface area contributed by atoms with Gasteiger partial charge in [-0.15, -0.1) is 5.10 Å². The summed E-state index contributed by atoms with van der Waals surface area (Å²) in [6, 6.07) is 16.1. The zero-order valence-corrected chi connectivity index (χ0v) is 16.7. The van der Waals surface area contributed by atoms with E-state index in [0.717, 1.165) is 5.56 Å². The highest BCUT2D eigenvalue weighted by Crippen LogP contribution is 2.32. The molecule has 0 fully saturated rings. The van der Waals surface area contributed by atoms with Crippen molar-refractivity contribution < 1.29 is 9.53 Å². The number of hydrogen-bond donors (Lipinski definition) is 0. The Balaban J connectivity index is 2.07. The third-order valence-corrected chi connectivity index (χ3v) is 4.79. The lowest BCUT2D eigenvalue weighted by molar-refractivity contribution is 0.101. The van der Waals surface area contributed by atoms with Crippen molar-refractivity contribution in [1.82, 2.24) is 9.78 Å². The van der Waals surface area contributed by atoms with Crippen LogP contribution in [0.25, 0.3) is 11.1 Å². The van der Waals surface area contributed by atoms with Gasteiger partial charge in [-0.1, -0.05) is 41.9 Å². The zero-order chi connectivity index (χ0) is 20.3. The smallest absolute Gasteiger partial charge is 0.267 e. The van der Waals surface area contributed by atoms with Crippen molar-refractivity contribution >= 4 is 17.4 Å². The second kappa shape index (κ2) is 8.40. The number of ketones is 1. The quantitative estimate of drug-likeness (QED) is 0.572. The molecule has 28 heavy (non-hydrogen) atoms. The molecule has 1 aromatic heterocycles. The van der Waals surface area contributed by atoms with Crippen LogP contribution in [0.15, 0.2) is 59.4 Å². The molecule has 3 rings (SSSR count). The van der Waals surface area contributed by atoms with Gasteiger partial charge in [0.1, 0.15) is 0 Å². The highest BCUT2D eigenvalue weighted by molar-refractivity contribution is 6.31. The summed E-state index contributed by atoms with van der Waals surface area (Å²) in [5.74, 6) is 0.139. The van der Waals surface area contributed by atoms with Crippen LogP contribution in [-0.2, 0) is 6.42 Å². The molecule has 0 aliphatic heterocycles. The Morgan fingerprint density at radius 2 is 1.86 bits per heavy atom. The van der Waals surface area contributed by atoms with E-state index < -0.39 is 0 Å². The predicted octanol–water partition coefficient (Wildman–Crippen LogP) is 4.58. The Hall–Kier alpha value is -2.92. The molecule has 0 N–H and O–H groups in total. The van der Waals surface area contributed by atoms with E-state index >= 15 is 0 Å². The van der Waals surface area contributed by atoms with Gasteiger partial charge in [-0.2, -0.15) is 0 Å². The molecule has 6 heteroatoms. The summed E-state index contributed by atoms with van der Waals surface area (Å²) in [4.78, 5) is 24.8. The van der Waals surface area contributed by atoms with Crippen molar-refractivity contribution in [3.63, 3.8) is 0 Å². The molecule has 0 spiro atoms. The fourth-order valence-corrected chi connectivity index (χ4v) is 3.37. The van der Waals surface area contributed by atoms with E-state index in [1.54, 1.807) is 18.2 Å². The van der Waals surface area contributed by atoms with Gasteiger partial charge in [-0.25, -0.2) is 4.68 Å². The van der Waals surface area contributed by atoms with Crippen molar-refractivity contribution in [2.45, 2.75) is 26.3 Å². The molecular formula is C22H21ClN2O3. The van der Waals surface area contributed by atoms with E-state index in [4.69, 9.17) is 16.3 Å². The average molecular weight is 397 g/mol. The number of carbonyl (C=O) groups excluding carboxylic acids is 1. The first-order valence-corrected chi connectivity index (χ1v) is 9.31. The van der Waals surface area contributed by atoms with Crippen molar-refractivity contribution in [3.05, 3.63) is 81.1 Å². The molecule has 1 atom stereocenters. The van der Waals surface area contributed by atoms with Crippen molar-refractivity contribution in [2.75, 3.05) is 7.11 Å². The fraction of sp³-hybridized carbons (Fsp3) is 0.227. The highest BCUT2D eigenvalue weighted by atomic mass is 35.5. The van der Waals surface area contributed by atoms with Gasteiger partial charge in [-0.05, 0) is 49.6 Å². The fourth-order valence-electron chi connectivity index (χ4n) is 3.20. The number of ether oxygens (including phenoxy) is 1. The third kappa shape index (κ3) is 4.15. The summed E-state index contributed by atoms with van der Waals surface area (Å²) >= 11 is 6.12. The van der Waals surface area contributed by atoms with Crippen LogP contribution in [0.4, 0.5) is 0 Å². The Morgan fingerprint density at radius 3 is 2.50 bits per heavy atom. The first-order valence-electron chi connectivity index (χ1n) is 8.93. The minimum absolute atomic E-state index is 0.129. The first-order chi connectivity index (χ1) is 13.4. The number of hydrogen-bond acceptors (Lipinski definition) is 4. The van der Waals surface area contributed by atoms with Crippen molar-refractivity contribution in [1.29, 1.82) is 0 Å². The molecule has 0 aliphatic rings. The van der Waals surface area contributed by atoms with Crippen LogP contribution in [0.5, 0.6) is 5.88 Å². The Morgan fingerprint density at radius 1 is 1.14 bits per heavy atom. The molecule has 0 amide bonds. The van der Waals surface area contributed by atoms with Gasteiger partial charge in [0.15, 0.2) is 5.78 Å². The maximum atomic E-state index is 12.8. The van der Waals surface area contributed by atoms with Crippen LogP contribution < -0.4 is 10.3 Å². The molecule has 0 saturated heterocycles. The van der Waals surface area contributed by atoms with E-state index in [2.05, 4.69) is 5.10 Å². The lowest BCUT2D eigenvalue weighted by Gasteiger charge is -2.17. The van der Waals surface area contributed by atoms with Crippen LogP contribution >= 0.6 is 11.6 Å². The lowest BCUT2D eigenvalue weighted by Crippen LogP contribution is -2.27. The number of rotatable bonds is 6. The van der Waals surface area contributed by atoms with E-state index in [9.17, 15) is 9.59 Å². The number of benzene rings is 2. The van der Waals surface area contributed by atoms with Gasteiger partial charge in [0.2, 0.25) is 5.88 Å². The van der Waals surface area contributed by atoms with Gasteiger partial charge < -0.3 is 4.74 Å². The SMILES string of the molecule is COc1nn(C(C)Cc2ccccc2)c(=O)cc1-c1cc(Cl)ccc1C(C)=O. The van der Waals surface area contributed by atoms with E-state index in [1.165, 1.54) is 24.8 Å². The van der Waals surface area contributed by atoms with Gasteiger partial charge in [0.05, 0.1) is 18.7 Å². The zero-order valence-electron chi connectivity index (χ0n) is 16.0. The number of Topliss-reactive ketones (excluding diaryl/α,β-unsaturated/α-hetero) is 1. The minimum atomic E-state index is -0.270. The maximum absolute atomic E-state index is 12.8. The molecule has 1 heterocycles. The predicted molar refractivity (Wildman–Crippen MR) is 110 cm³/mol. The molecule has 0 bridgehead atoms. The van der Waals surface area contributed by atoms with Crippen molar-refractivity contribution in [2.24, 2.45) is 0 Å². The molecular weight excluding hydrogens is 376 g/mol. The lowest BCUT2D eigenvalue weighted by atomic mass is 9.98. The van der Waals surface area contributed by atoms with Gasteiger partial charge >= 0.3 is 0 Å². The second-order valence-electron chi connectivity index (χ2n) is 6.63. The summed E-state index contributed by atoms with van der Waals surface area (Å²) in [6.45, 7) is 3.40. The monoisotopic (exact) mass is 396 g/mol. The van der Waals surface area contributed by atoms with E-state index in [-0.39, 0.29) is 23.3 Å². The Labute approximate surface area is 168 Å². The third-order valence-electron chi connectivity index (χ3n) is 4.56. The van der Waals surface area contributed by atoms with Crippen molar-refractivity contribution in [3.8, 4) is 17.0 Å². The second-order valence-corrected chi connectivity index (χ2v) is 7.07. The van der Waals surface area contributed by atoms with Crippen LogP contribution in [0.2, 0.25) is 5.02 Å². The molecule has 144 valence electrons. The largest absolute Gasteiger partial charge is 0.480 e.